The van der Waals surface area contributed by atoms with Crippen molar-refractivity contribution in [2.24, 2.45) is 0 Å². The van der Waals surface area contributed by atoms with Crippen LogP contribution in [-0.2, 0) is 6.54 Å². The number of likely N-dealkylation sites (N-methyl/N-ethyl adjacent to an activating group) is 1. The van der Waals surface area contributed by atoms with Crippen LogP contribution in [0.4, 0.5) is 0 Å². The van der Waals surface area contributed by atoms with Gasteiger partial charge in [-0.05, 0) is 32.0 Å². The third-order valence-electron chi connectivity index (χ3n) is 3.86. The van der Waals surface area contributed by atoms with Crippen molar-refractivity contribution in [1.29, 1.82) is 0 Å². The van der Waals surface area contributed by atoms with Crippen LogP contribution in [0.3, 0.4) is 0 Å². The van der Waals surface area contributed by atoms with E-state index in [-0.39, 0.29) is 0 Å². The van der Waals surface area contributed by atoms with E-state index in [1.165, 1.54) is 25.1 Å². The third kappa shape index (κ3) is 1.74. The predicted molar refractivity (Wildman–Crippen MR) is 64.2 cm³/mol. The van der Waals surface area contributed by atoms with Crippen molar-refractivity contribution in [2.75, 3.05) is 20.1 Å². The molecule has 0 aliphatic carbocycles. The molecule has 0 N–H and O–H groups in total. The number of likely N-dealkylation sites (tertiary alicyclic amines) is 2. The molecule has 1 aromatic heterocycles. The number of piperidine rings is 1. The second kappa shape index (κ2) is 3.82. The Morgan fingerprint density at radius 1 is 1.31 bits per heavy atom. The molecule has 2 bridgehead atoms. The number of nitrogens with zero attached hydrogens (tertiary/aromatic N) is 3. The van der Waals surface area contributed by atoms with Gasteiger partial charge in [-0.2, -0.15) is 0 Å². The van der Waals surface area contributed by atoms with Crippen molar-refractivity contribution in [1.82, 2.24) is 14.8 Å². The molecule has 16 heavy (non-hydrogen) atoms. The van der Waals surface area contributed by atoms with Crippen molar-refractivity contribution in [3.63, 3.8) is 0 Å². The standard InChI is InChI=1S/C13H19N3/c1-10-3-4-11(6-14-10)7-16-12-5-13(16)9-15(2)8-12/h3-4,6,12-13H,5,7-9H2,1-2H3. The Kier molecular flexibility index (Phi) is 2.45. The summed E-state index contributed by atoms with van der Waals surface area (Å²) in [4.78, 5) is 9.44. The Labute approximate surface area is 97.1 Å². The molecule has 86 valence electrons. The van der Waals surface area contributed by atoms with Crippen LogP contribution in [0.5, 0.6) is 0 Å². The number of hydrogen-bond donors (Lipinski definition) is 0. The fourth-order valence-corrected chi connectivity index (χ4v) is 2.96. The van der Waals surface area contributed by atoms with E-state index >= 15 is 0 Å². The molecule has 3 rings (SSSR count). The van der Waals surface area contributed by atoms with Crippen LogP contribution in [0.25, 0.3) is 0 Å². The van der Waals surface area contributed by atoms with E-state index in [0.717, 1.165) is 24.3 Å². The maximum absolute atomic E-state index is 4.36. The number of pyridine rings is 1. The molecule has 2 saturated heterocycles. The van der Waals surface area contributed by atoms with Gasteiger partial charge in [0.1, 0.15) is 0 Å². The highest BCUT2D eigenvalue weighted by Gasteiger charge is 2.42. The van der Waals surface area contributed by atoms with Gasteiger partial charge in [0.05, 0.1) is 0 Å². The highest BCUT2D eigenvalue weighted by Crippen LogP contribution is 2.32. The summed E-state index contributed by atoms with van der Waals surface area (Å²) < 4.78 is 0. The van der Waals surface area contributed by atoms with E-state index in [1.54, 1.807) is 0 Å². The molecule has 0 saturated carbocycles. The summed E-state index contributed by atoms with van der Waals surface area (Å²) in [7, 11) is 2.23. The molecule has 0 spiro atoms. The fraction of sp³-hybridized carbons (Fsp3) is 0.615. The Bertz CT molecular complexity index is 361. The van der Waals surface area contributed by atoms with Gasteiger partial charge in [0.25, 0.3) is 0 Å². The lowest BCUT2D eigenvalue weighted by Crippen LogP contribution is -2.67. The first-order valence-electron chi connectivity index (χ1n) is 6.08. The minimum atomic E-state index is 0.782. The fourth-order valence-electron chi connectivity index (χ4n) is 2.96. The molecule has 2 aliphatic rings. The van der Waals surface area contributed by atoms with Crippen LogP contribution in [0.15, 0.2) is 18.3 Å². The van der Waals surface area contributed by atoms with Crippen molar-refractivity contribution in [3.8, 4) is 0 Å². The molecule has 2 aliphatic heterocycles. The van der Waals surface area contributed by atoms with E-state index in [1.807, 2.05) is 13.1 Å². The Balaban J connectivity index is 1.66. The minimum Gasteiger partial charge on any atom is -0.303 e. The van der Waals surface area contributed by atoms with E-state index in [2.05, 4.69) is 34.0 Å². The molecule has 2 fully saturated rings. The second-order valence-corrected chi connectivity index (χ2v) is 5.24. The van der Waals surface area contributed by atoms with Crippen LogP contribution in [-0.4, -0.2) is 47.0 Å². The number of hydrogen-bond acceptors (Lipinski definition) is 3. The summed E-state index contributed by atoms with van der Waals surface area (Å²) in [6.07, 6.45) is 3.41. The minimum absolute atomic E-state index is 0.782. The van der Waals surface area contributed by atoms with Crippen LogP contribution >= 0.6 is 0 Å². The first kappa shape index (κ1) is 10.2. The zero-order valence-corrected chi connectivity index (χ0v) is 10.1. The van der Waals surface area contributed by atoms with Gasteiger partial charge in [-0.1, -0.05) is 6.07 Å². The average Bonchev–Trinajstić information content (AvgIpc) is 2.28. The smallest absolute Gasteiger partial charge is 0.0372 e. The summed E-state index contributed by atoms with van der Waals surface area (Å²) in [5, 5.41) is 0. The molecule has 3 heteroatoms. The lowest BCUT2D eigenvalue weighted by molar-refractivity contribution is -0.0668. The highest BCUT2D eigenvalue weighted by atomic mass is 15.3. The molecular weight excluding hydrogens is 198 g/mol. The largest absolute Gasteiger partial charge is 0.303 e. The molecular formula is C13H19N3. The van der Waals surface area contributed by atoms with Crippen LogP contribution in [0, 0.1) is 6.92 Å². The summed E-state index contributed by atoms with van der Waals surface area (Å²) in [5.74, 6) is 0. The molecule has 0 aromatic carbocycles. The van der Waals surface area contributed by atoms with Crippen LogP contribution in [0.2, 0.25) is 0 Å². The van der Waals surface area contributed by atoms with Gasteiger partial charge in [-0.15, -0.1) is 0 Å². The monoisotopic (exact) mass is 217 g/mol. The molecule has 0 amide bonds. The predicted octanol–water partition coefficient (Wildman–Crippen LogP) is 1.28. The maximum atomic E-state index is 4.36. The van der Waals surface area contributed by atoms with E-state index in [4.69, 9.17) is 0 Å². The average molecular weight is 217 g/mol. The van der Waals surface area contributed by atoms with E-state index in [9.17, 15) is 0 Å². The normalized spacial score (nSPS) is 30.1. The Morgan fingerprint density at radius 3 is 2.69 bits per heavy atom. The second-order valence-electron chi connectivity index (χ2n) is 5.24. The molecule has 1 aromatic rings. The summed E-state index contributed by atoms with van der Waals surface area (Å²) in [5.41, 5.74) is 2.46. The van der Waals surface area contributed by atoms with Gasteiger partial charge in [0.2, 0.25) is 0 Å². The van der Waals surface area contributed by atoms with Crippen LogP contribution < -0.4 is 0 Å². The highest BCUT2D eigenvalue weighted by molar-refractivity contribution is 5.15. The van der Waals surface area contributed by atoms with Crippen molar-refractivity contribution >= 4 is 0 Å². The van der Waals surface area contributed by atoms with Crippen molar-refractivity contribution in [3.05, 3.63) is 29.6 Å². The van der Waals surface area contributed by atoms with E-state index in [0.29, 0.717) is 0 Å². The quantitative estimate of drug-likeness (QED) is 0.744. The van der Waals surface area contributed by atoms with Crippen molar-refractivity contribution in [2.45, 2.75) is 32.0 Å². The number of fused-ring (bicyclic) bond motifs is 2. The molecule has 2 unspecified atom stereocenters. The summed E-state index contributed by atoms with van der Waals surface area (Å²) in [6.45, 7) is 5.58. The number of piperazine rings is 1. The van der Waals surface area contributed by atoms with Crippen molar-refractivity contribution < 1.29 is 0 Å². The van der Waals surface area contributed by atoms with Gasteiger partial charge in [-0.3, -0.25) is 9.88 Å². The maximum Gasteiger partial charge on any atom is 0.0372 e. The molecule has 3 heterocycles. The van der Waals surface area contributed by atoms with Gasteiger partial charge in [-0.25, -0.2) is 0 Å². The van der Waals surface area contributed by atoms with E-state index < -0.39 is 0 Å². The molecule has 0 radical (unpaired) electrons. The lowest BCUT2D eigenvalue weighted by Gasteiger charge is -2.55. The first-order chi connectivity index (χ1) is 7.72. The van der Waals surface area contributed by atoms with Gasteiger partial charge in [0.15, 0.2) is 0 Å². The summed E-state index contributed by atoms with van der Waals surface area (Å²) in [6, 6.07) is 5.88. The number of aryl methyl sites for hydroxylation is 1. The van der Waals surface area contributed by atoms with Gasteiger partial charge in [0, 0.05) is 43.6 Å². The third-order valence-corrected chi connectivity index (χ3v) is 3.86. The zero-order chi connectivity index (χ0) is 11.1. The Hall–Kier alpha value is -0.930. The van der Waals surface area contributed by atoms with Gasteiger partial charge >= 0.3 is 0 Å². The lowest BCUT2D eigenvalue weighted by atomic mass is 9.87. The molecule has 3 nitrogen and oxygen atoms in total. The number of rotatable bonds is 2. The topological polar surface area (TPSA) is 19.4 Å². The zero-order valence-electron chi connectivity index (χ0n) is 10.1. The molecule has 2 atom stereocenters. The number of aromatic nitrogens is 1. The Morgan fingerprint density at radius 2 is 2.06 bits per heavy atom. The van der Waals surface area contributed by atoms with Gasteiger partial charge < -0.3 is 4.90 Å². The first-order valence-corrected chi connectivity index (χ1v) is 6.08. The van der Waals surface area contributed by atoms with Crippen LogP contribution in [0.1, 0.15) is 17.7 Å². The SMILES string of the molecule is Cc1ccc(CN2C3CC2CN(C)C3)cn1. The summed E-state index contributed by atoms with van der Waals surface area (Å²) >= 11 is 0.